The molecule has 2 fully saturated rings. The molecule has 0 radical (unpaired) electrons. The van der Waals surface area contributed by atoms with Crippen molar-refractivity contribution in [2.45, 2.75) is 67.9 Å². The first kappa shape index (κ1) is 34.1. The van der Waals surface area contributed by atoms with E-state index >= 15 is 0 Å². The van der Waals surface area contributed by atoms with Gasteiger partial charge >= 0.3 is 0 Å². The van der Waals surface area contributed by atoms with Crippen molar-refractivity contribution in [1.29, 1.82) is 0 Å². The number of ether oxygens (including phenoxy) is 1. The van der Waals surface area contributed by atoms with Crippen LogP contribution in [0.1, 0.15) is 60.9 Å². The SMILES string of the molecule is COC1(Cc2ccccc2-c2ccccc2)CCN(c2ccc(C(=O)NS(=O)(=O)c3ccc(NC4CCCCC4)c([N+](=O)[O-])c3)cc2)CC1. The largest absolute Gasteiger partial charge is 0.378 e. The van der Waals surface area contributed by atoms with E-state index in [1.807, 2.05) is 30.3 Å². The summed E-state index contributed by atoms with van der Waals surface area (Å²) in [5, 5.41) is 15.0. The van der Waals surface area contributed by atoms with Crippen LogP contribution in [0.3, 0.4) is 0 Å². The Morgan fingerprint density at radius 2 is 1.59 bits per heavy atom. The second-order valence-corrected chi connectivity index (χ2v) is 14.7. The van der Waals surface area contributed by atoms with Gasteiger partial charge in [0.1, 0.15) is 5.69 Å². The highest BCUT2D eigenvalue weighted by Crippen LogP contribution is 2.35. The van der Waals surface area contributed by atoms with Crippen molar-refractivity contribution < 1.29 is 22.9 Å². The van der Waals surface area contributed by atoms with E-state index in [4.69, 9.17) is 4.74 Å². The molecular weight excluding hydrogens is 641 g/mol. The van der Waals surface area contributed by atoms with Crippen molar-refractivity contribution in [3.05, 3.63) is 118 Å². The van der Waals surface area contributed by atoms with E-state index in [1.165, 1.54) is 28.8 Å². The molecule has 6 rings (SSSR count). The van der Waals surface area contributed by atoms with Crippen molar-refractivity contribution in [3.63, 3.8) is 0 Å². The molecule has 4 aromatic carbocycles. The van der Waals surface area contributed by atoms with Crippen LogP contribution in [0.25, 0.3) is 11.1 Å². The Kier molecular flexibility index (Phi) is 10.3. The zero-order chi connectivity index (χ0) is 34.4. The van der Waals surface area contributed by atoms with Crippen LogP contribution in [-0.2, 0) is 21.2 Å². The third-order valence-electron chi connectivity index (χ3n) is 9.89. The van der Waals surface area contributed by atoms with Crippen LogP contribution in [0, 0.1) is 10.1 Å². The summed E-state index contributed by atoms with van der Waals surface area (Å²) in [4.78, 5) is 26.1. The summed E-state index contributed by atoms with van der Waals surface area (Å²) in [5.41, 5.74) is 4.34. The number of hydrogen-bond donors (Lipinski definition) is 2. The first-order valence-corrected chi connectivity index (χ1v) is 18.3. The maximum Gasteiger partial charge on any atom is 0.293 e. The van der Waals surface area contributed by atoms with Crippen molar-refractivity contribution in [1.82, 2.24) is 4.72 Å². The maximum absolute atomic E-state index is 13.1. The van der Waals surface area contributed by atoms with Gasteiger partial charge in [0.2, 0.25) is 0 Å². The van der Waals surface area contributed by atoms with Crippen LogP contribution in [-0.4, -0.2) is 51.1 Å². The van der Waals surface area contributed by atoms with Gasteiger partial charge in [-0.05, 0) is 78.8 Å². The Hall–Kier alpha value is -4.74. The minimum atomic E-state index is -4.36. The first-order chi connectivity index (χ1) is 23.7. The quantitative estimate of drug-likeness (QED) is 0.124. The van der Waals surface area contributed by atoms with E-state index < -0.39 is 20.9 Å². The minimum Gasteiger partial charge on any atom is -0.378 e. The lowest BCUT2D eigenvalue weighted by Gasteiger charge is -2.42. The fourth-order valence-electron chi connectivity index (χ4n) is 7.03. The Labute approximate surface area is 287 Å². The molecule has 256 valence electrons. The number of carbonyl (C=O) groups is 1. The van der Waals surface area contributed by atoms with Gasteiger partial charge in [-0.25, -0.2) is 13.1 Å². The molecule has 0 bridgehead atoms. The van der Waals surface area contributed by atoms with Gasteiger partial charge in [0.05, 0.1) is 15.4 Å². The van der Waals surface area contributed by atoms with E-state index in [2.05, 4.69) is 51.3 Å². The summed E-state index contributed by atoms with van der Waals surface area (Å²) >= 11 is 0. The van der Waals surface area contributed by atoms with Gasteiger partial charge in [0.15, 0.2) is 0 Å². The van der Waals surface area contributed by atoms with Gasteiger partial charge in [0, 0.05) is 50.0 Å². The van der Waals surface area contributed by atoms with Crippen molar-refractivity contribution in [2.75, 3.05) is 30.4 Å². The number of anilines is 2. The van der Waals surface area contributed by atoms with E-state index in [1.54, 1.807) is 19.2 Å². The maximum atomic E-state index is 13.1. The molecule has 1 heterocycles. The molecular formula is C38H42N4O6S. The number of hydrogen-bond acceptors (Lipinski definition) is 8. The molecule has 0 spiro atoms. The number of nitrogens with one attached hydrogen (secondary N) is 2. The molecule has 0 atom stereocenters. The van der Waals surface area contributed by atoms with Crippen LogP contribution in [0.15, 0.2) is 102 Å². The summed E-state index contributed by atoms with van der Waals surface area (Å²) in [6.07, 6.45) is 7.45. The number of nitro benzene ring substituents is 1. The van der Waals surface area contributed by atoms with Crippen LogP contribution < -0.4 is 14.9 Å². The van der Waals surface area contributed by atoms with Crippen LogP contribution in [0.2, 0.25) is 0 Å². The van der Waals surface area contributed by atoms with Crippen LogP contribution >= 0.6 is 0 Å². The number of sulfonamides is 1. The van der Waals surface area contributed by atoms with Crippen LogP contribution in [0.5, 0.6) is 0 Å². The molecule has 0 aromatic heterocycles. The number of rotatable bonds is 11. The predicted octanol–water partition coefficient (Wildman–Crippen LogP) is 7.35. The van der Waals surface area contributed by atoms with Crippen molar-refractivity contribution in [2.24, 2.45) is 0 Å². The Morgan fingerprint density at radius 3 is 2.27 bits per heavy atom. The molecule has 11 heteroatoms. The van der Waals surface area contributed by atoms with Gasteiger partial charge in [-0.2, -0.15) is 0 Å². The lowest BCUT2D eigenvalue weighted by atomic mass is 9.82. The van der Waals surface area contributed by atoms with Crippen molar-refractivity contribution >= 4 is 33.0 Å². The zero-order valence-corrected chi connectivity index (χ0v) is 28.5. The summed E-state index contributed by atoms with van der Waals surface area (Å²) in [6, 6.07) is 29.4. The lowest BCUT2D eigenvalue weighted by molar-refractivity contribution is -0.384. The minimum absolute atomic E-state index is 0.104. The van der Waals surface area contributed by atoms with Gasteiger partial charge < -0.3 is 15.0 Å². The molecule has 49 heavy (non-hydrogen) atoms. The number of methoxy groups -OCH3 is 1. The number of piperidine rings is 1. The van der Waals surface area contributed by atoms with Crippen molar-refractivity contribution in [3.8, 4) is 11.1 Å². The number of nitrogens with zero attached hydrogens (tertiary/aromatic N) is 2. The van der Waals surface area contributed by atoms with Gasteiger partial charge in [-0.15, -0.1) is 0 Å². The topological polar surface area (TPSA) is 131 Å². The summed E-state index contributed by atoms with van der Waals surface area (Å²) < 4.78 is 34.5. The van der Waals surface area contributed by atoms with Gasteiger partial charge in [-0.3, -0.25) is 14.9 Å². The fourth-order valence-corrected chi connectivity index (χ4v) is 8.02. The molecule has 2 N–H and O–H groups in total. The van der Waals surface area contributed by atoms with Crippen LogP contribution in [0.4, 0.5) is 17.1 Å². The summed E-state index contributed by atoms with van der Waals surface area (Å²) in [7, 11) is -2.58. The van der Waals surface area contributed by atoms with E-state index in [-0.39, 0.29) is 33.5 Å². The van der Waals surface area contributed by atoms with E-state index in [0.29, 0.717) is 0 Å². The number of carbonyl (C=O) groups excluding carboxylic acids is 1. The Bertz CT molecular complexity index is 1890. The smallest absolute Gasteiger partial charge is 0.293 e. The second-order valence-electron chi connectivity index (χ2n) is 13.0. The molecule has 1 amide bonds. The molecule has 1 aliphatic heterocycles. The third-order valence-corrected chi connectivity index (χ3v) is 11.2. The average Bonchev–Trinajstić information content (AvgIpc) is 3.13. The molecule has 10 nitrogen and oxygen atoms in total. The monoisotopic (exact) mass is 682 g/mol. The Morgan fingerprint density at radius 1 is 0.918 bits per heavy atom. The summed E-state index contributed by atoms with van der Waals surface area (Å²) in [5.74, 6) is -0.812. The average molecular weight is 683 g/mol. The fraction of sp³-hybridized carbons (Fsp3) is 0.342. The standard InChI is InChI=1S/C38H42N4O6S/c1-48-38(27-30-12-8-9-15-34(30)28-10-4-2-5-11-28)22-24-41(25-23-38)32-18-16-29(17-19-32)37(43)40-49(46,47)33-20-21-35(36(26-33)42(44)45)39-31-13-6-3-7-14-31/h2,4-5,8-12,15-21,26,31,39H,3,6-7,13-14,22-25,27H2,1H3,(H,40,43). The third kappa shape index (κ3) is 7.95. The van der Waals surface area contributed by atoms with Gasteiger partial charge in [-0.1, -0.05) is 73.9 Å². The van der Waals surface area contributed by atoms with E-state index in [9.17, 15) is 23.3 Å². The van der Waals surface area contributed by atoms with E-state index in [0.717, 1.165) is 76.2 Å². The Balaban J connectivity index is 1.09. The number of nitro groups is 1. The van der Waals surface area contributed by atoms with Gasteiger partial charge in [0.25, 0.3) is 21.6 Å². The summed E-state index contributed by atoms with van der Waals surface area (Å²) in [6.45, 7) is 1.51. The predicted molar refractivity (Wildman–Crippen MR) is 191 cm³/mol. The highest BCUT2D eigenvalue weighted by molar-refractivity contribution is 7.90. The lowest BCUT2D eigenvalue weighted by Crippen LogP contribution is -2.47. The number of amides is 1. The highest BCUT2D eigenvalue weighted by Gasteiger charge is 2.35. The molecule has 0 unspecified atom stereocenters. The zero-order valence-electron chi connectivity index (χ0n) is 27.6. The number of benzene rings is 4. The second kappa shape index (κ2) is 14.8. The normalized spacial score (nSPS) is 16.6. The highest BCUT2D eigenvalue weighted by atomic mass is 32.2. The molecule has 4 aromatic rings. The molecule has 1 saturated carbocycles. The molecule has 2 aliphatic rings. The molecule has 1 aliphatic carbocycles. The molecule has 1 saturated heterocycles. The first-order valence-electron chi connectivity index (χ1n) is 16.8.